The molecule has 7 nitrogen and oxygen atoms in total. The van der Waals surface area contributed by atoms with E-state index in [1.54, 1.807) is 16.7 Å². The van der Waals surface area contributed by atoms with Crippen molar-refractivity contribution in [3.8, 4) is 0 Å². The highest BCUT2D eigenvalue weighted by molar-refractivity contribution is 8.02. The van der Waals surface area contributed by atoms with Crippen LogP contribution in [0.4, 0.5) is 0 Å². The SMILES string of the molecule is CCCCCN1CC=C[C@]23S[C@@H]4/C=C\CCCCOC(=O)[C@@H]4[C@H]2C(=O)N([C@@H](CC)CO)C3C1=O. The van der Waals surface area contributed by atoms with Crippen LogP contribution in [-0.2, 0) is 19.1 Å². The monoisotopic (exact) mass is 490 g/mol. The van der Waals surface area contributed by atoms with Crippen molar-refractivity contribution in [1.29, 1.82) is 0 Å². The second-order valence-electron chi connectivity index (χ2n) is 9.82. The predicted molar refractivity (Wildman–Crippen MR) is 132 cm³/mol. The van der Waals surface area contributed by atoms with Crippen molar-refractivity contribution in [2.24, 2.45) is 11.8 Å². The molecule has 1 spiro atoms. The fourth-order valence-electron chi connectivity index (χ4n) is 5.96. The molecule has 0 aromatic carbocycles. The van der Waals surface area contributed by atoms with Gasteiger partial charge in [0.2, 0.25) is 11.8 Å². The highest BCUT2D eigenvalue weighted by atomic mass is 32.2. The third kappa shape index (κ3) is 4.32. The van der Waals surface area contributed by atoms with Crippen LogP contribution in [0.2, 0.25) is 0 Å². The van der Waals surface area contributed by atoms with Gasteiger partial charge in [-0.25, -0.2) is 0 Å². The number of cyclic esters (lactones) is 1. The molecule has 8 heteroatoms. The highest BCUT2D eigenvalue weighted by Gasteiger charge is 2.71. The van der Waals surface area contributed by atoms with E-state index in [-0.39, 0.29) is 29.6 Å². The van der Waals surface area contributed by atoms with Gasteiger partial charge in [0, 0.05) is 18.3 Å². The first-order valence-electron chi connectivity index (χ1n) is 12.9. The normalized spacial score (nSPS) is 35.3. The molecule has 4 aliphatic rings. The number of aliphatic hydroxyl groups is 1. The molecule has 0 bridgehead atoms. The van der Waals surface area contributed by atoms with E-state index in [0.717, 1.165) is 38.5 Å². The minimum Gasteiger partial charge on any atom is -0.465 e. The zero-order valence-electron chi connectivity index (χ0n) is 20.4. The standard InChI is InChI=1S/C26H38N2O5S/c1-3-5-9-14-27-15-11-13-26-21(23(30)28(18(4-2)17-29)22(26)24(27)31)20-19(34-26)12-8-6-7-10-16-33-25(20)32/h8,11-13,18-22,29H,3-7,9-10,14-17H2,1-2H3/b12-8-/t18-,19+,20-,21-,22?,26-/m0/s1. The van der Waals surface area contributed by atoms with Crippen LogP contribution in [0.25, 0.3) is 0 Å². The zero-order valence-corrected chi connectivity index (χ0v) is 21.2. The Morgan fingerprint density at radius 2 is 2.00 bits per heavy atom. The number of nitrogens with zero attached hydrogens (tertiary/aromatic N) is 2. The van der Waals surface area contributed by atoms with Crippen molar-refractivity contribution in [1.82, 2.24) is 9.80 Å². The Hall–Kier alpha value is -1.80. The van der Waals surface area contributed by atoms with E-state index in [9.17, 15) is 19.5 Å². The van der Waals surface area contributed by atoms with E-state index in [1.807, 2.05) is 24.0 Å². The highest BCUT2D eigenvalue weighted by Crippen LogP contribution is 2.61. The number of rotatable bonds is 7. The van der Waals surface area contributed by atoms with Gasteiger partial charge in [0.25, 0.3) is 0 Å². The minimum atomic E-state index is -0.844. The molecular formula is C26H38N2O5S. The number of esters is 1. The number of allylic oxidation sites excluding steroid dienone is 1. The van der Waals surface area contributed by atoms with Crippen molar-refractivity contribution in [2.45, 2.75) is 80.9 Å². The minimum absolute atomic E-state index is 0.0718. The van der Waals surface area contributed by atoms with Gasteiger partial charge in [0.15, 0.2) is 0 Å². The maximum Gasteiger partial charge on any atom is 0.311 e. The number of aliphatic hydroxyl groups excluding tert-OH is 1. The lowest BCUT2D eigenvalue weighted by Gasteiger charge is -2.38. The number of fused-ring (bicyclic) bond motifs is 2. The van der Waals surface area contributed by atoms with Crippen molar-refractivity contribution < 1.29 is 24.2 Å². The summed E-state index contributed by atoms with van der Waals surface area (Å²) < 4.78 is 4.79. The van der Waals surface area contributed by atoms with Gasteiger partial charge in [-0.15, -0.1) is 11.8 Å². The molecule has 0 saturated carbocycles. The first-order chi connectivity index (χ1) is 16.5. The van der Waals surface area contributed by atoms with Crippen LogP contribution in [-0.4, -0.2) is 81.1 Å². The van der Waals surface area contributed by atoms with Crippen LogP contribution >= 0.6 is 11.8 Å². The largest absolute Gasteiger partial charge is 0.465 e. The van der Waals surface area contributed by atoms with Gasteiger partial charge in [0.05, 0.1) is 35.8 Å². The summed E-state index contributed by atoms with van der Waals surface area (Å²) in [7, 11) is 0. The Bertz CT molecular complexity index is 841. The lowest BCUT2D eigenvalue weighted by molar-refractivity contribution is -0.153. The van der Waals surface area contributed by atoms with E-state index >= 15 is 0 Å². The number of hydrogen-bond acceptors (Lipinski definition) is 6. The van der Waals surface area contributed by atoms with E-state index in [1.165, 1.54) is 0 Å². The summed E-state index contributed by atoms with van der Waals surface area (Å²) in [4.78, 5) is 44.9. The van der Waals surface area contributed by atoms with Gasteiger partial charge in [-0.3, -0.25) is 14.4 Å². The number of carbonyl (C=O) groups is 3. The molecule has 0 aliphatic carbocycles. The summed E-state index contributed by atoms with van der Waals surface area (Å²) in [6.07, 6.45) is 14.4. The van der Waals surface area contributed by atoms with Gasteiger partial charge in [-0.1, -0.05) is 51.0 Å². The Morgan fingerprint density at radius 1 is 1.18 bits per heavy atom. The van der Waals surface area contributed by atoms with Gasteiger partial charge >= 0.3 is 5.97 Å². The van der Waals surface area contributed by atoms with Crippen molar-refractivity contribution >= 4 is 29.5 Å². The summed E-state index contributed by atoms with van der Waals surface area (Å²) in [6.45, 7) is 5.34. The smallest absolute Gasteiger partial charge is 0.311 e. The third-order valence-electron chi connectivity index (χ3n) is 7.73. The van der Waals surface area contributed by atoms with Crippen LogP contribution < -0.4 is 0 Å². The van der Waals surface area contributed by atoms with Crippen LogP contribution in [0.5, 0.6) is 0 Å². The molecule has 0 radical (unpaired) electrons. The molecule has 2 amide bonds. The fraction of sp³-hybridized carbons (Fsp3) is 0.731. The quantitative estimate of drug-likeness (QED) is 0.335. The van der Waals surface area contributed by atoms with E-state index in [4.69, 9.17) is 4.74 Å². The first-order valence-corrected chi connectivity index (χ1v) is 13.8. The molecule has 1 N–H and O–H groups in total. The first kappa shape index (κ1) is 25.3. The Kier molecular flexibility index (Phi) is 8.08. The Balaban J connectivity index is 1.78. The van der Waals surface area contributed by atoms with E-state index in [0.29, 0.717) is 26.1 Å². The molecule has 4 heterocycles. The second kappa shape index (κ2) is 10.9. The Morgan fingerprint density at radius 3 is 2.74 bits per heavy atom. The van der Waals surface area contributed by atoms with Gasteiger partial charge in [-0.2, -0.15) is 0 Å². The summed E-state index contributed by atoms with van der Waals surface area (Å²) in [5.41, 5.74) is 0. The summed E-state index contributed by atoms with van der Waals surface area (Å²) in [5.74, 6) is -1.94. The van der Waals surface area contributed by atoms with Gasteiger partial charge in [0.1, 0.15) is 6.04 Å². The van der Waals surface area contributed by atoms with Crippen molar-refractivity contribution in [2.75, 3.05) is 26.3 Å². The van der Waals surface area contributed by atoms with Gasteiger partial charge in [-0.05, 0) is 32.1 Å². The van der Waals surface area contributed by atoms with Crippen LogP contribution in [0.15, 0.2) is 24.3 Å². The molecule has 1 unspecified atom stereocenters. The predicted octanol–water partition coefficient (Wildman–Crippen LogP) is 2.93. The topological polar surface area (TPSA) is 87.2 Å². The zero-order chi connectivity index (χ0) is 24.3. The molecule has 34 heavy (non-hydrogen) atoms. The molecule has 4 aliphatic heterocycles. The average Bonchev–Trinajstić information content (AvgIpc) is 3.22. The van der Waals surface area contributed by atoms with Crippen LogP contribution in [0.1, 0.15) is 58.8 Å². The van der Waals surface area contributed by atoms with Crippen molar-refractivity contribution in [3.63, 3.8) is 0 Å². The second-order valence-corrected chi connectivity index (χ2v) is 11.3. The molecule has 4 rings (SSSR count). The molecule has 0 aromatic heterocycles. The molecule has 2 fully saturated rings. The summed E-state index contributed by atoms with van der Waals surface area (Å²) in [6, 6.07) is -1.19. The summed E-state index contributed by atoms with van der Waals surface area (Å²) >= 11 is 1.57. The maximum absolute atomic E-state index is 14.0. The molecule has 6 atom stereocenters. The lowest BCUT2D eigenvalue weighted by atomic mass is 9.78. The van der Waals surface area contributed by atoms with Gasteiger partial charge < -0.3 is 19.6 Å². The van der Waals surface area contributed by atoms with Crippen LogP contribution in [0.3, 0.4) is 0 Å². The van der Waals surface area contributed by atoms with Crippen molar-refractivity contribution in [3.05, 3.63) is 24.3 Å². The van der Waals surface area contributed by atoms with E-state index in [2.05, 4.69) is 19.1 Å². The number of thioether (sulfide) groups is 1. The number of carbonyl (C=O) groups excluding carboxylic acids is 3. The number of likely N-dealkylation sites (tertiary alicyclic amines) is 1. The third-order valence-corrected chi connectivity index (χ3v) is 9.47. The number of hydrogen-bond donors (Lipinski definition) is 1. The Labute approximate surface area is 206 Å². The molecular weight excluding hydrogens is 452 g/mol. The molecule has 188 valence electrons. The lowest BCUT2D eigenvalue weighted by Crippen LogP contribution is -2.56. The molecule has 0 aromatic rings. The summed E-state index contributed by atoms with van der Waals surface area (Å²) in [5, 5.41) is 9.92. The van der Waals surface area contributed by atoms with E-state index < -0.39 is 28.7 Å². The average molecular weight is 491 g/mol. The fourth-order valence-corrected chi connectivity index (χ4v) is 7.95. The number of unbranched alkanes of at least 4 members (excludes halogenated alkanes) is 2. The van der Waals surface area contributed by atoms with Crippen LogP contribution in [0, 0.1) is 11.8 Å². The number of ether oxygens (including phenoxy) is 1. The molecule has 2 saturated heterocycles. The maximum atomic E-state index is 14.0. The number of amides is 2.